The van der Waals surface area contributed by atoms with Gasteiger partial charge >= 0.3 is 0 Å². The molecule has 1 amide bonds. The number of nitrogens with one attached hydrogen (secondary N) is 3. The van der Waals surface area contributed by atoms with Gasteiger partial charge in [-0.2, -0.15) is 0 Å². The highest BCUT2D eigenvalue weighted by molar-refractivity contribution is 7.99. The molecule has 28 heavy (non-hydrogen) atoms. The summed E-state index contributed by atoms with van der Waals surface area (Å²) in [6, 6.07) is 5.82. The minimum atomic E-state index is -3.56. The fraction of sp³-hybridized carbons (Fsp3) is 0.471. The lowest BCUT2D eigenvalue weighted by molar-refractivity contribution is -0.122. The average molecular weight is 428 g/mol. The van der Waals surface area contributed by atoms with Crippen LogP contribution < -0.4 is 14.8 Å². The summed E-state index contributed by atoms with van der Waals surface area (Å²) in [6.07, 6.45) is 0.700. The number of H-pyrrole nitrogens is 1. The molecule has 11 heteroatoms. The summed E-state index contributed by atoms with van der Waals surface area (Å²) < 4.78 is 32.4. The number of rotatable bonds is 11. The van der Waals surface area contributed by atoms with Gasteiger partial charge < -0.3 is 10.1 Å². The lowest BCUT2D eigenvalue weighted by Gasteiger charge is -2.12. The van der Waals surface area contributed by atoms with Gasteiger partial charge in [-0.15, -0.1) is 5.10 Å². The van der Waals surface area contributed by atoms with Gasteiger partial charge in [0.1, 0.15) is 11.6 Å². The highest BCUT2D eigenvalue weighted by Gasteiger charge is 2.16. The van der Waals surface area contributed by atoms with Crippen LogP contribution in [0.15, 0.2) is 34.3 Å². The summed E-state index contributed by atoms with van der Waals surface area (Å²) in [4.78, 5) is 16.1. The number of nitrogens with zero attached hydrogens (tertiary/aromatic N) is 2. The fourth-order valence-corrected chi connectivity index (χ4v) is 4.08. The SMILES string of the molecule is CC[C@H](C)NS(=O)(=O)c1ccc(OCC(=O)NCCSc2n[nH]c(C)n2)cc1. The van der Waals surface area contributed by atoms with Crippen molar-refractivity contribution in [1.82, 2.24) is 25.2 Å². The zero-order valence-electron chi connectivity index (χ0n) is 16.1. The zero-order chi connectivity index (χ0) is 20.6. The molecule has 0 bridgehead atoms. The number of aromatic nitrogens is 3. The van der Waals surface area contributed by atoms with E-state index in [1.807, 2.05) is 13.8 Å². The van der Waals surface area contributed by atoms with Crippen LogP contribution in [0.25, 0.3) is 0 Å². The molecular weight excluding hydrogens is 402 g/mol. The Labute approximate surface area is 169 Å². The first kappa shape index (κ1) is 22.2. The van der Waals surface area contributed by atoms with E-state index in [2.05, 4.69) is 25.2 Å². The van der Waals surface area contributed by atoms with Crippen molar-refractivity contribution in [2.24, 2.45) is 0 Å². The second kappa shape index (κ2) is 10.4. The normalized spacial score (nSPS) is 12.5. The Morgan fingerprint density at radius 3 is 2.64 bits per heavy atom. The van der Waals surface area contributed by atoms with E-state index in [4.69, 9.17) is 4.74 Å². The monoisotopic (exact) mass is 427 g/mol. The molecule has 0 radical (unpaired) electrons. The van der Waals surface area contributed by atoms with E-state index in [1.165, 1.54) is 36.0 Å². The predicted molar refractivity (Wildman–Crippen MR) is 107 cm³/mol. The molecule has 0 aliphatic heterocycles. The van der Waals surface area contributed by atoms with Gasteiger partial charge in [0, 0.05) is 18.3 Å². The fourth-order valence-electron chi connectivity index (χ4n) is 2.05. The van der Waals surface area contributed by atoms with Crippen molar-refractivity contribution in [2.45, 2.75) is 43.3 Å². The Morgan fingerprint density at radius 2 is 2.04 bits per heavy atom. The maximum absolute atomic E-state index is 12.2. The van der Waals surface area contributed by atoms with E-state index >= 15 is 0 Å². The molecule has 2 rings (SSSR count). The molecule has 0 aliphatic carbocycles. The summed E-state index contributed by atoms with van der Waals surface area (Å²) in [6.45, 7) is 5.84. The number of hydrogen-bond donors (Lipinski definition) is 3. The largest absolute Gasteiger partial charge is 0.484 e. The van der Waals surface area contributed by atoms with Gasteiger partial charge in [-0.25, -0.2) is 18.1 Å². The molecule has 0 aliphatic rings. The Balaban J connectivity index is 1.72. The summed E-state index contributed by atoms with van der Waals surface area (Å²) >= 11 is 1.44. The number of carbonyl (C=O) groups excluding carboxylic acids is 1. The van der Waals surface area contributed by atoms with Crippen molar-refractivity contribution in [3.05, 3.63) is 30.1 Å². The van der Waals surface area contributed by atoms with Crippen molar-refractivity contribution in [3.63, 3.8) is 0 Å². The Hall–Kier alpha value is -2.11. The van der Waals surface area contributed by atoms with Crippen LogP contribution in [0.2, 0.25) is 0 Å². The third kappa shape index (κ3) is 7.13. The van der Waals surface area contributed by atoms with Crippen LogP contribution in [0.5, 0.6) is 5.75 Å². The molecule has 9 nitrogen and oxygen atoms in total. The molecule has 3 N–H and O–H groups in total. The molecule has 0 saturated carbocycles. The first-order valence-electron chi connectivity index (χ1n) is 8.84. The Morgan fingerprint density at radius 1 is 1.32 bits per heavy atom. The molecular formula is C17H25N5O4S2. The highest BCUT2D eigenvalue weighted by atomic mass is 32.2. The lowest BCUT2D eigenvalue weighted by Crippen LogP contribution is -2.32. The van der Waals surface area contributed by atoms with Crippen LogP contribution in [-0.4, -0.2) is 54.5 Å². The number of benzene rings is 1. The number of thioether (sulfide) groups is 1. The Bertz CT molecular complexity index is 868. The van der Waals surface area contributed by atoms with Gasteiger partial charge in [0.15, 0.2) is 6.61 Å². The number of hydrogen-bond acceptors (Lipinski definition) is 7. The van der Waals surface area contributed by atoms with Gasteiger partial charge in [0.25, 0.3) is 5.91 Å². The van der Waals surface area contributed by atoms with Crippen LogP contribution in [0, 0.1) is 6.92 Å². The second-order valence-corrected chi connectivity index (χ2v) is 8.87. The summed E-state index contributed by atoms with van der Waals surface area (Å²) in [7, 11) is -3.56. The van der Waals surface area contributed by atoms with Crippen molar-refractivity contribution >= 4 is 27.7 Å². The molecule has 2 aromatic rings. The molecule has 0 unspecified atom stereocenters. The van der Waals surface area contributed by atoms with E-state index in [9.17, 15) is 13.2 Å². The van der Waals surface area contributed by atoms with E-state index in [1.54, 1.807) is 6.92 Å². The molecule has 0 saturated heterocycles. The second-order valence-electron chi connectivity index (χ2n) is 6.09. The maximum Gasteiger partial charge on any atom is 0.257 e. The smallest absolute Gasteiger partial charge is 0.257 e. The number of sulfonamides is 1. The van der Waals surface area contributed by atoms with Gasteiger partial charge in [-0.05, 0) is 44.5 Å². The van der Waals surface area contributed by atoms with Crippen LogP contribution in [0.1, 0.15) is 26.1 Å². The van der Waals surface area contributed by atoms with Crippen molar-refractivity contribution in [1.29, 1.82) is 0 Å². The first-order valence-corrected chi connectivity index (χ1v) is 11.3. The molecule has 1 aromatic heterocycles. The van der Waals surface area contributed by atoms with E-state index in [0.29, 0.717) is 29.6 Å². The van der Waals surface area contributed by atoms with E-state index in [0.717, 1.165) is 5.82 Å². The summed E-state index contributed by atoms with van der Waals surface area (Å²) in [5.41, 5.74) is 0. The van der Waals surface area contributed by atoms with Crippen LogP contribution in [0.3, 0.4) is 0 Å². The molecule has 1 aromatic carbocycles. The zero-order valence-corrected chi connectivity index (χ0v) is 17.7. The van der Waals surface area contributed by atoms with Crippen LogP contribution in [-0.2, 0) is 14.8 Å². The van der Waals surface area contributed by atoms with Crippen molar-refractivity contribution in [3.8, 4) is 5.75 Å². The summed E-state index contributed by atoms with van der Waals surface area (Å²) in [5, 5.41) is 10.1. The van der Waals surface area contributed by atoms with Crippen molar-refractivity contribution < 1.29 is 17.9 Å². The van der Waals surface area contributed by atoms with Crippen LogP contribution in [0.4, 0.5) is 0 Å². The number of ether oxygens (including phenoxy) is 1. The van der Waals surface area contributed by atoms with E-state index in [-0.39, 0.29) is 23.5 Å². The minimum Gasteiger partial charge on any atom is -0.484 e. The van der Waals surface area contributed by atoms with Gasteiger partial charge in [0.05, 0.1) is 4.90 Å². The molecule has 0 fully saturated rings. The van der Waals surface area contributed by atoms with Crippen molar-refractivity contribution in [2.75, 3.05) is 18.9 Å². The minimum absolute atomic E-state index is 0.143. The number of aryl methyl sites for hydroxylation is 1. The molecule has 1 atom stereocenters. The number of carbonyl (C=O) groups is 1. The van der Waals surface area contributed by atoms with E-state index < -0.39 is 10.0 Å². The third-order valence-corrected chi connectivity index (χ3v) is 6.16. The quantitative estimate of drug-likeness (QED) is 0.366. The van der Waals surface area contributed by atoms with Crippen LogP contribution >= 0.6 is 11.8 Å². The predicted octanol–water partition coefficient (Wildman–Crippen LogP) is 1.48. The molecule has 1 heterocycles. The maximum atomic E-state index is 12.2. The number of aromatic amines is 1. The van der Waals surface area contributed by atoms with Gasteiger partial charge in [0.2, 0.25) is 15.2 Å². The van der Waals surface area contributed by atoms with Gasteiger partial charge in [-0.3, -0.25) is 9.89 Å². The highest BCUT2D eigenvalue weighted by Crippen LogP contribution is 2.16. The topological polar surface area (TPSA) is 126 Å². The number of amides is 1. The molecule has 154 valence electrons. The lowest BCUT2D eigenvalue weighted by atomic mass is 10.3. The summed E-state index contributed by atoms with van der Waals surface area (Å²) in [5.74, 6) is 1.54. The third-order valence-electron chi connectivity index (χ3n) is 3.70. The standard InChI is InChI=1S/C17H25N5O4S2/c1-4-12(2)22-28(24,25)15-7-5-14(6-8-15)26-11-16(23)18-9-10-27-17-19-13(3)20-21-17/h5-8,12,22H,4,9-11H2,1-3H3,(H,18,23)(H,19,20,21)/t12-/m0/s1. The molecule has 0 spiro atoms. The van der Waals surface area contributed by atoms with Gasteiger partial charge in [-0.1, -0.05) is 18.7 Å². The average Bonchev–Trinajstić information content (AvgIpc) is 3.08. The Kier molecular flexibility index (Phi) is 8.27. The first-order chi connectivity index (χ1) is 13.3.